The van der Waals surface area contributed by atoms with Crippen LogP contribution in [0.2, 0.25) is 0 Å². The van der Waals surface area contributed by atoms with E-state index in [0.717, 1.165) is 24.8 Å². The van der Waals surface area contributed by atoms with Gasteiger partial charge in [-0.05, 0) is 12.8 Å². The smallest absolute Gasteiger partial charge is 0.310 e. The summed E-state index contributed by atoms with van der Waals surface area (Å²) in [6.45, 7) is 2.01. The lowest BCUT2D eigenvalue weighted by molar-refractivity contribution is -0.140. The van der Waals surface area contributed by atoms with Crippen LogP contribution < -0.4 is 0 Å². The number of aliphatic carboxylic acids is 1. The van der Waals surface area contributed by atoms with Crippen molar-refractivity contribution in [1.82, 2.24) is 0 Å². The molecule has 0 fully saturated rings. The molecule has 1 rings (SSSR count). The molecule has 1 aliphatic carbocycles. The summed E-state index contributed by atoms with van der Waals surface area (Å²) in [5, 5.41) is 8.90. The van der Waals surface area contributed by atoms with Gasteiger partial charge in [0.05, 0.1) is 5.92 Å². The van der Waals surface area contributed by atoms with E-state index in [1.54, 1.807) is 0 Å². The number of allylic oxidation sites excluding steroid dienone is 3. The topological polar surface area (TPSA) is 37.3 Å². The molecular weight excluding hydrogens is 152 g/mol. The second kappa shape index (κ2) is 4.10. The van der Waals surface area contributed by atoms with Crippen molar-refractivity contribution in [3.8, 4) is 0 Å². The molecule has 0 saturated heterocycles. The van der Waals surface area contributed by atoms with E-state index < -0.39 is 5.97 Å². The van der Waals surface area contributed by atoms with Gasteiger partial charge in [0.1, 0.15) is 0 Å². The van der Waals surface area contributed by atoms with Crippen molar-refractivity contribution in [1.29, 1.82) is 0 Å². The summed E-state index contributed by atoms with van der Waals surface area (Å²) in [6.07, 6.45) is 8.35. The minimum atomic E-state index is -0.688. The van der Waals surface area contributed by atoms with Gasteiger partial charge in [-0.25, -0.2) is 0 Å². The molecule has 0 heterocycles. The Labute approximate surface area is 72.6 Å². The van der Waals surface area contributed by atoms with Crippen LogP contribution in [0.1, 0.15) is 26.2 Å². The Balaban J connectivity index is 2.60. The lowest BCUT2D eigenvalue weighted by atomic mass is 9.94. The summed E-state index contributed by atoms with van der Waals surface area (Å²) in [4.78, 5) is 10.8. The van der Waals surface area contributed by atoms with E-state index >= 15 is 0 Å². The molecule has 1 aliphatic rings. The van der Waals surface area contributed by atoms with Gasteiger partial charge in [0.15, 0.2) is 0 Å². The molecule has 0 aromatic heterocycles. The minimum Gasteiger partial charge on any atom is -0.481 e. The van der Waals surface area contributed by atoms with E-state index in [9.17, 15) is 4.79 Å². The Morgan fingerprint density at radius 1 is 1.75 bits per heavy atom. The molecule has 0 saturated carbocycles. The highest BCUT2D eigenvalue weighted by molar-refractivity contribution is 5.74. The number of carboxylic acid groups (broad SMARTS) is 1. The van der Waals surface area contributed by atoms with Crippen LogP contribution in [0.25, 0.3) is 0 Å². The fraction of sp³-hybridized carbons (Fsp3) is 0.500. The van der Waals surface area contributed by atoms with Crippen molar-refractivity contribution in [2.45, 2.75) is 26.2 Å². The average Bonchev–Trinajstić information content (AvgIpc) is 2.51. The van der Waals surface area contributed by atoms with E-state index in [-0.39, 0.29) is 5.92 Å². The van der Waals surface area contributed by atoms with Gasteiger partial charge in [-0.1, -0.05) is 37.1 Å². The highest BCUT2D eigenvalue weighted by atomic mass is 16.4. The van der Waals surface area contributed by atoms with Gasteiger partial charge in [-0.2, -0.15) is 0 Å². The SMILES string of the molecule is CCCC(C(=O)O)C1=CC=CC1. The molecule has 0 bridgehead atoms. The van der Waals surface area contributed by atoms with Crippen LogP contribution in [-0.4, -0.2) is 11.1 Å². The number of carbonyl (C=O) groups is 1. The lowest BCUT2D eigenvalue weighted by Gasteiger charge is -2.11. The summed E-state index contributed by atoms with van der Waals surface area (Å²) in [6, 6.07) is 0. The fourth-order valence-corrected chi connectivity index (χ4v) is 1.48. The van der Waals surface area contributed by atoms with Crippen LogP contribution in [0.15, 0.2) is 23.8 Å². The summed E-state index contributed by atoms with van der Waals surface area (Å²) >= 11 is 0. The highest BCUT2D eigenvalue weighted by Gasteiger charge is 2.20. The van der Waals surface area contributed by atoms with Crippen LogP contribution >= 0.6 is 0 Å². The van der Waals surface area contributed by atoms with Crippen molar-refractivity contribution >= 4 is 5.97 Å². The van der Waals surface area contributed by atoms with Crippen molar-refractivity contribution in [2.24, 2.45) is 5.92 Å². The molecule has 0 amide bonds. The van der Waals surface area contributed by atoms with E-state index in [2.05, 4.69) is 0 Å². The van der Waals surface area contributed by atoms with Gasteiger partial charge < -0.3 is 5.11 Å². The second-order valence-corrected chi connectivity index (χ2v) is 3.05. The molecule has 0 aromatic rings. The molecule has 0 radical (unpaired) electrons. The van der Waals surface area contributed by atoms with Crippen molar-refractivity contribution in [2.75, 3.05) is 0 Å². The molecule has 1 N–H and O–H groups in total. The largest absolute Gasteiger partial charge is 0.481 e. The van der Waals surface area contributed by atoms with E-state index in [1.165, 1.54) is 0 Å². The van der Waals surface area contributed by atoms with Crippen LogP contribution in [0.4, 0.5) is 0 Å². The summed E-state index contributed by atoms with van der Waals surface area (Å²) in [5.74, 6) is -0.947. The number of carboxylic acids is 1. The third kappa shape index (κ3) is 1.97. The lowest BCUT2D eigenvalue weighted by Crippen LogP contribution is -2.15. The zero-order valence-corrected chi connectivity index (χ0v) is 7.29. The van der Waals surface area contributed by atoms with Gasteiger partial charge >= 0.3 is 5.97 Å². The van der Waals surface area contributed by atoms with Crippen LogP contribution in [0, 0.1) is 5.92 Å². The van der Waals surface area contributed by atoms with Crippen LogP contribution in [0.5, 0.6) is 0 Å². The first-order valence-electron chi connectivity index (χ1n) is 4.34. The maximum Gasteiger partial charge on any atom is 0.310 e. The quantitative estimate of drug-likeness (QED) is 0.696. The monoisotopic (exact) mass is 166 g/mol. The van der Waals surface area contributed by atoms with E-state index in [0.29, 0.717) is 0 Å². The predicted molar refractivity (Wildman–Crippen MR) is 47.9 cm³/mol. The van der Waals surface area contributed by atoms with Gasteiger partial charge in [0.2, 0.25) is 0 Å². The molecule has 66 valence electrons. The molecule has 0 spiro atoms. The molecule has 2 nitrogen and oxygen atoms in total. The van der Waals surface area contributed by atoms with Gasteiger partial charge in [0.25, 0.3) is 0 Å². The van der Waals surface area contributed by atoms with Crippen molar-refractivity contribution in [3.63, 3.8) is 0 Å². The van der Waals surface area contributed by atoms with Gasteiger partial charge in [-0.3, -0.25) is 4.79 Å². The fourth-order valence-electron chi connectivity index (χ4n) is 1.48. The zero-order chi connectivity index (χ0) is 8.97. The first-order chi connectivity index (χ1) is 5.75. The van der Waals surface area contributed by atoms with Crippen LogP contribution in [-0.2, 0) is 4.79 Å². The normalized spacial score (nSPS) is 17.6. The van der Waals surface area contributed by atoms with Crippen LogP contribution in [0.3, 0.4) is 0 Å². The highest BCUT2D eigenvalue weighted by Crippen LogP contribution is 2.24. The molecule has 12 heavy (non-hydrogen) atoms. The minimum absolute atomic E-state index is 0.259. The Morgan fingerprint density at radius 2 is 2.50 bits per heavy atom. The maximum atomic E-state index is 10.8. The molecule has 2 heteroatoms. The Hall–Kier alpha value is -1.05. The Kier molecular flexibility index (Phi) is 3.09. The Morgan fingerprint density at radius 3 is 2.92 bits per heavy atom. The van der Waals surface area contributed by atoms with Crippen molar-refractivity contribution < 1.29 is 9.90 Å². The van der Waals surface area contributed by atoms with Gasteiger partial charge in [-0.15, -0.1) is 0 Å². The number of hydrogen-bond donors (Lipinski definition) is 1. The average molecular weight is 166 g/mol. The second-order valence-electron chi connectivity index (χ2n) is 3.05. The number of hydrogen-bond acceptors (Lipinski definition) is 1. The van der Waals surface area contributed by atoms with E-state index in [4.69, 9.17) is 5.11 Å². The third-order valence-corrected chi connectivity index (χ3v) is 2.12. The summed E-state index contributed by atoms with van der Waals surface area (Å²) < 4.78 is 0. The van der Waals surface area contributed by atoms with Crippen molar-refractivity contribution in [3.05, 3.63) is 23.8 Å². The zero-order valence-electron chi connectivity index (χ0n) is 7.29. The standard InChI is InChI=1S/C10H14O2/c1-2-5-9(10(11)12)8-6-3-4-7-8/h3-4,6,9H,2,5,7H2,1H3,(H,11,12). The molecule has 1 unspecified atom stereocenters. The number of rotatable bonds is 4. The molecule has 0 aromatic carbocycles. The molecule has 1 atom stereocenters. The van der Waals surface area contributed by atoms with E-state index in [1.807, 2.05) is 25.2 Å². The van der Waals surface area contributed by atoms with Gasteiger partial charge in [0, 0.05) is 0 Å². The first-order valence-corrected chi connectivity index (χ1v) is 4.34. The third-order valence-electron chi connectivity index (χ3n) is 2.12. The maximum absolute atomic E-state index is 10.8. The molecular formula is C10H14O2. The molecule has 0 aliphatic heterocycles. The Bertz CT molecular complexity index is 226. The summed E-state index contributed by atoms with van der Waals surface area (Å²) in [7, 11) is 0. The predicted octanol–water partition coefficient (Wildman–Crippen LogP) is 2.37. The summed E-state index contributed by atoms with van der Waals surface area (Å²) in [5.41, 5.74) is 1.05. The first kappa shape index (κ1) is 9.04.